The van der Waals surface area contributed by atoms with E-state index in [1.807, 2.05) is 6.92 Å². The van der Waals surface area contributed by atoms with Crippen LogP contribution in [0.4, 0.5) is 0 Å². The molecule has 0 saturated heterocycles. The smallest absolute Gasteiger partial charge is 0.320 e. The molecule has 0 aliphatic heterocycles. The fraction of sp³-hybridized carbons (Fsp3) is 0.438. The van der Waals surface area contributed by atoms with Crippen molar-refractivity contribution in [1.29, 1.82) is 0 Å². The fourth-order valence-electron chi connectivity index (χ4n) is 2.73. The third kappa shape index (κ3) is 3.04. The molecule has 0 aliphatic rings. The van der Waals surface area contributed by atoms with Crippen LogP contribution in [-0.2, 0) is 25.5 Å². The summed E-state index contributed by atoms with van der Waals surface area (Å²) in [6, 6.07) is 0. The summed E-state index contributed by atoms with van der Waals surface area (Å²) in [6.07, 6.45) is 3.24. The lowest BCUT2D eigenvalue weighted by atomic mass is 10.0. The molecular weight excluding hydrogens is 326 g/mol. The molecule has 0 unspecified atom stereocenters. The number of rotatable bonds is 6. The fourth-order valence-corrected chi connectivity index (χ4v) is 2.73. The second-order valence-electron chi connectivity index (χ2n) is 5.44. The first kappa shape index (κ1) is 16.9. The molecular formula is C16H19N5O4. The van der Waals surface area contributed by atoms with E-state index in [0.29, 0.717) is 28.2 Å². The minimum atomic E-state index is -1.05. The first-order valence-electron chi connectivity index (χ1n) is 8.05. The van der Waals surface area contributed by atoms with E-state index in [9.17, 15) is 9.59 Å². The number of esters is 2. The van der Waals surface area contributed by atoms with Crippen LogP contribution >= 0.6 is 0 Å². The largest absolute Gasteiger partial charge is 0.465 e. The summed E-state index contributed by atoms with van der Waals surface area (Å²) in [4.78, 5) is 40.3. The van der Waals surface area contributed by atoms with E-state index in [1.54, 1.807) is 30.9 Å². The van der Waals surface area contributed by atoms with Crippen molar-refractivity contribution in [2.75, 3.05) is 13.2 Å². The highest BCUT2D eigenvalue weighted by Gasteiger charge is 2.32. The van der Waals surface area contributed by atoms with E-state index in [0.717, 1.165) is 0 Å². The molecule has 0 saturated carbocycles. The number of H-pyrrole nitrogens is 1. The zero-order valence-corrected chi connectivity index (χ0v) is 14.3. The van der Waals surface area contributed by atoms with Crippen molar-refractivity contribution in [3.8, 4) is 0 Å². The predicted octanol–water partition coefficient (Wildman–Crippen LogP) is 1.20. The predicted molar refractivity (Wildman–Crippen MR) is 87.8 cm³/mol. The molecule has 0 fully saturated rings. The number of ether oxygens (including phenoxy) is 2. The standard InChI is InChI=1S/C16H19N5O4/c1-4-24-15(22)10(16(23)25-5-2)6-11-9(3)20-14-12-13(18-7-17-12)19-8-21(11)14/h7-8,10H,4-6H2,1-3H3,(H,17,18). The molecule has 9 heteroatoms. The lowest BCUT2D eigenvalue weighted by Gasteiger charge is -2.14. The van der Waals surface area contributed by atoms with Crippen molar-refractivity contribution in [3.63, 3.8) is 0 Å². The number of hydrogen-bond donors (Lipinski definition) is 1. The van der Waals surface area contributed by atoms with Gasteiger partial charge in [0, 0.05) is 12.1 Å². The van der Waals surface area contributed by atoms with Gasteiger partial charge >= 0.3 is 11.9 Å². The van der Waals surface area contributed by atoms with Crippen molar-refractivity contribution < 1.29 is 19.1 Å². The summed E-state index contributed by atoms with van der Waals surface area (Å²) in [5.74, 6) is -2.26. The first-order valence-corrected chi connectivity index (χ1v) is 8.05. The van der Waals surface area contributed by atoms with E-state index >= 15 is 0 Å². The number of fused-ring (bicyclic) bond motifs is 3. The Morgan fingerprint density at radius 3 is 2.52 bits per heavy atom. The maximum atomic E-state index is 12.2. The molecule has 0 atom stereocenters. The number of hydrogen-bond acceptors (Lipinski definition) is 7. The highest BCUT2D eigenvalue weighted by atomic mass is 16.6. The normalized spacial score (nSPS) is 11.4. The van der Waals surface area contributed by atoms with Crippen molar-refractivity contribution in [3.05, 3.63) is 24.0 Å². The van der Waals surface area contributed by atoms with Gasteiger partial charge in [-0.3, -0.25) is 14.0 Å². The Morgan fingerprint density at radius 2 is 1.88 bits per heavy atom. The highest BCUT2D eigenvalue weighted by Crippen LogP contribution is 2.21. The van der Waals surface area contributed by atoms with Gasteiger partial charge in [-0.05, 0) is 20.8 Å². The summed E-state index contributed by atoms with van der Waals surface area (Å²) in [6.45, 7) is 5.59. The van der Waals surface area contributed by atoms with Gasteiger partial charge in [-0.25, -0.2) is 15.0 Å². The van der Waals surface area contributed by atoms with Crippen LogP contribution in [-0.4, -0.2) is 49.5 Å². The summed E-state index contributed by atoms with van der Waals surface area (Å²) < 4.78 is 11.8. The summed E-state index contributed by atoms with van der Waals surface area (Å²) >= 11 is 0. The Balaban J connectivity index is 2.02. The average molecular weight is 345 g/mol. The monoisotopic (exact) mass is 345 g/mol. The number of carbonyl (C=O) groups excluding carboxylic acids is 2. The molecule has 0 aliphatic carbocycles. The molecule has 25 heavy (non-hydrogen) atoms. The van der Waals surface area contributed by atoms with Gasteiger partial charge in [-0.2, -0.15) is 0 Å². The molecule has 3 aromatic heterocycles. The number of aromatic amines is 1. The van der Waals surface area contributed by atoms with Crippen LogP contribution in [0.3, 0.4) is 0 Å². The van der Waals surface area contributed by atoms with Crippen LogP contribution in [0.5, 0.6) is 0 Å². The summed E-state index contributed by atoms with van der Waals surface area (Å²) in [5, 5.41) is 0. The van der Waals surface area contributed by atoms with E-state index in [1.165, 1.54) is 0 Å². The Hall–Kier alpha value is -2.97. The van der Waals surface area contributed by atoms with Gasteiger partial charge in [-0.1, -0.05) is 0 Å². The molecule has 3 aromatic rings. The van der Waals surface area contributed by atoms with Gasteiger partial charge in [0.2, 0.25) is 0 Å². The second-order valence-corrected chi connectivity index (χ2v) is 5.44. The van der Waals surface area contributed by atoms with E-state index in [-0.39, 0.29) is 19.6 Å². The molecule has 0 aromatic carbocycles. The first-order chi connectivity index (χ1) is 12.1. The number of imidazole rings is 2. The molecule has 1 N–H and O–H groups in total. The van der Waals surface area contributed by atoms with E-state index in [4.69, 9.17) is 9.47 Å². The molecule has 9 nitrogen and oxygen atoms in total. The zero-order valence-electron chi connectivity index (χ0n) is 14.3. The molecule has 132 valence electrons. The van der Waals surface area contributed by atoms with Crippen LogP contribution in [0.2, 0.25) is 0 Å². The van der Waals surface area contributed by atoms with Crippen LogP contribution in [0.15, 0.2) is 12.7 Å². The molecule has 0 radical (unpaired) electrons. The van der Waals surface area contributed by atoms with Crippen LogP contribution in [0, 0.1) is 12.8 Å². The maximum Gasteiger partial charge on any atom is 0.320 e. The highest BCUT2D eigenvalue weighted by molar-refractivity contribution is 5.95. The molecule has 0 amide bonds. The second kappa shape index (κ2) is 6.88. The summed E-state index contributed by atoms with van der Waals surface area (Å²) in [5.41, 5.74) is 3.28. The number of nitrogens with zero attached hydrogens (tertiary/aromatic N) is 4. The Morgan fingerprint density at radius 1 is 1.20 bits per heavy atom. The van der Waals surface area contributed by atoms with Gasteiger partial charge in [0.15, 0.2) is 17.2 Å². The minimum absolute atomic E-state index is 0.117. The third-order valence-corrected chi connectivity index (χ3v) is 3.89. The molecule has 0 bridgehead atoms. The van der Waals surface area contributed by atoms with Crippen LogP contribution in [0.1, 0.15) is 25.2 Å². The third-order valence-electron chi connectivity index (χ3n) is 3.89. The number of aryl methyl sites for hydroxylation is 1. The number of aromatic nitrogens is 5. The van der Waals surface area contributed by atoms with Crippen molar-refractivity contribution in [1.82, 2.24) is 24.3 Å². The maximum absolute atomic E-state index is 12.2. The van der Waals surface area contributed by atoms with Crippen molar-refractivity contribution in [2.24, 2.45) is 5.92 Å². The van der Waals surface area contributed by atoms with Gasteiger partial charge in [0.1, 0.15) is 11.8 Å². The molecule has 3 rings (SSSR count). The van der Waals surface area contributed by atoms with E-state index < -0.39 is 17.9 Å². The number of nitrogens with one attached hydrogen (secondary N) is 1. The average Bonchev–Trinajstić information content (AvgIpc) is 3.16. The molecule has 0 spiro atoms. The Bertz CT molecular complexity index is 911. The Kier molecular flexibility index (Phi) is 4.64. The van der Waals surface area contributed by atoms with Gasteiger partial charge in [-0.15, -0.1) is 0 Å². The zero-order chi connectivity index (χ0) is 18.0. The summed E-state index contributed by atoms with van der Waals surface area (Å²) in [7, 11) is 0. The number of carbonyl (C=O) groups is 2. The minimum Gasteiger partial charge on any atom is -0.465 e. The van der Waals surface area contributed by atoms with Crippen LogP contribution < -0.4 is 0 Å². The van der Waals surface area contributed by atoms with E-state index in [2.05, 4.69) is 19.9 Å². The van der Waals surface area contributed by atoms with Crippen molar-refractivity contribution >= 4 is 28.7 Å². The van der Waals surface area contributed by atoms with Gasteiger partial charge in [0.05, 0.1) is 25.2 Å². The quantitative estimate of drug-likeness (QED) is 0.528. The topological polar surface area (TPSA) is 111 Å². The lowest BCUT2D eigenvalue weighted by molar-refractivity contribution is -0.161. The van der Waals surface area contributed by atoms with Gasteiger partial charge < -0.3 is 14.5 Å². The Labute approximate surface area is 143 Å². The molecule has 3 heterocycles. The SMILES string of the molecule is CCOC(=O)C(Cc1c(C)nc2c3[nH]cnc3ncn12)C(=O)OCC. The lowest BCUT2D eigenvalue weighted by Crippen LogP contribution is -2.30. The van der Waals surface area contributed by atoms with Crippen molar-refractivity contribution in [2.45, 2.75) is 27.2 Å². The van der Waals surface area contributed by atoms with Crippen LogP contribution in [0.25, 0.3) is 16.8 Å². The van der Waals surface area contributed by atoms with Gasteiger partial charge in [0.25, 0.3) is 0 Å².